The Morgan fingerprint density at radius 1 is 1.56 bits per heavy atom. The zero-order valence-corrected chi connectivity index (χ0v) is 11.1. The van der Waals surface area contributed by atoms with Crippen LogP contribution < -0.4 is 5.32 Å². The lowest BCUT2D eigenvalue weighted by Crippen LogP contribution is -2.22. The van der Waals surface area contributed by atoms with Crippen molar-refractivity contribution in [1.82, 2.24) is 15.5 Å². The Morgan fingerprint density at radius 2 is 2.44 bits per heavy atom. The van der Waals surface area contributed by atoms with Gasteiger partial charge in [-0.25, -0.2) is 0 Å². The molecular formula is C13H15N3OS. The number of nitrogens with one attached hydrogen (secondary N) is 2. The highest BCUT2D eigenvalue weighted by Crippen LogP contribution is 2.30. The number of carbonyl (C=O) groups is 1. The van der Waals surface area contributed by atoms with Crippen LogP contribution in [0.15, 0.2) is 12.3 Å². The summed E-state index contributed by atoms with van der Waals surface area (Å²) in [5, 5.41) is 9.57. The topological polar surface area (TPSA) is 57.8 Å². The summed E-state index contributed by atoms with van der Waals surface area (Å²) >= 11 is 1.83. The van der Waals surface area contributed by atoms with Gasteiger partial charge in [-0.05, 0) is 37.8 Å². The molecule has 0 bridgehead atoms. The molecule has 18 heavy (non-hydrogen) atoms. The number of amides is 1. The molecular weight excluding hydrogens is 246 g/mol. The molecule has 0 fully saturated rings. The van der Waals surface area contributed by atoms with Gasteiger partial charge < -0.3 is 5.32 Å². The molecule has 0 atom stereocenters. The van der Waals surface area contributed by atoms with Gasteiger partial charge in [-0.15, -0.1) is 11.3 Å². The standard InChI is InChI=1S/C13H15N3OS/c1-8-11(7-15-16-8)13(17)14-6-10-5-9-3-2-4-12(9)18-10/h5,7H,2-4,6H2,1H3,(H,14,17)(H,15,16). The molecule has 2 aromatic rings. The third-order valence-electron chi connectivity index (χ3n) is 3.30. The summed E-state index contributed by atoms with van der Waals surface area (Å²) in [6.45, 7) is 2.46. The van der Waals surface area contributed by atoms with E-state index in [1.54, 1.807) is 6.20 Å². The van der Waals surface area contributed by atoms with Crippen LogP contribution >= 0.6 is 11.3 Å². The zero-order chi connectivity index (χ0) is 12.5. The number of fused-ring (bicyclic) bond motifs is 1. The minimum Gasteiger partial charge on any atom is -0.347 e. The fraction of sp³-hybridized carbons (Fsp3) is 0.385. The van der Waals surface area contributed by atoms with Crippen molar-refractivity contribution in [3.05, 3.63) is 38.8 Å². The molecule has 0 aromatic carbocycles. The smallest absolute Gasteiger partial charge is 0.255 e. The minimum absolute atomic E-state index is 0.0604. The number of hydrogen-bond donors (Lipinski definition) is 2. The first kappa shape index (κ1) is 11.5. The first-order valence-corrected chi connectivity index (χ1v) is 6.94. The number of hydrogen-bond acceptors (Lipinski definition) is 3. The molecule has 94 valence electrons. The quantitative estimate of drug-likeness (QED) is 0.890. The molecule has 1 aliphatic rings. The van der Waals surface area contributed by atoms with Gasteiger partial charge in [0.2, 0.25) is 0 Å². The number of thiophene rings is 1. The second-order valence-corrected chi connectivity index (χ2v) is 5.83. The molecule has 4 nitrogen and oxygen atoms in total. The van der Waals surface area contributed by atoms with E-state index in [1.807, 2.05) is 18.3 Å². The highest BCUT2D eigenvalue weighted by molar-refractivity contribution is 7.12. The van der Waals surface area contributed by atoms with Crippen LogP contribution in [-0.2, 0) is 19.4 Å². The van der Waals surface area contributed by atoms with E-state index in [4.69, 9.17) is 0 Å². The summed E-state index contributed by atoms with van der Waals surface area (Å²) in [4.78, 5) is 14.7. The van der Waals surface area contributed by atoms with Crippen molar-refractivity contribution in [2.75, 3.05) is 0 Å². The van der Waals surface area contributed by atoms with Crippen molar-refractivity contribution in [1.29, 1.82) is 0 Å². The molecule has 2 N–H and O–H groups in total. The van der Waals surface area contributed by atoms with Gasteiger partial charge in [-0.1, -0.05) is 0 Å². The maximum atomic E-state index is 11.9. The van der Waals surface area contributed by atoms with E-state index in [1.165, 1.54) is 34.6 Å². The maximum absolute atomic E-state index is 11.9. The van der Waals surface area contributed by atoms with Crippen molar-refractivity contribution in [3.8, 4) is 0 Å². The molecule has 0 spiro atoms. The van der Waals surface area contributed by atoms with Crippen LogP contribution in [0, 0.1) is 6.92 Å². The molecule has 5 heteroatoms. The van der Waals surface area contributed by atoms with Gasteiger partial charge in [0.05, 0.1) is 18.3 Å². The average molecular weight is 261 g/mol. The molecule has 0 unspecified atom stereocenters. The van der Waals surface area contributed by atoms with E-state index in [0.29, 0.717) is 12.1 Å². The van der Waals surface area contributed by atoms with Gasteiger partial charge in [0, 0.05) is 15.4 Å². The first-order valence-electron chi connectivity index (χ1n) is 6.12. The molecule has 1 amide bonds. The number of aryl methyl sites for hydroxylation is 3. The highest BCUT2D eigenvalue weighted by Gasteiger charge is 2.16. The summed E-state index contributed by atoms with van der Waals surface area (Å²) in [5.41, 5.74) is 2.91. The van der Waals surface area contributed by atoms with Gasteiger partial charge in [0.1, 0.15) is 0 Å². The van der Waals surface area contributed by atoms with Gasteiger partial charge >= 0.3 is 0 Å². The number of aromatic amines is 1. The lowest BCUT2D eigenvalue weighted by Gasteiger charge is -2.02. The summed E-state index contributed by atoms with van der Waals surface area (Å²) in [6, 6.07) is 2.23. The van der Waals surface area contributed by atoms with E-state index in [0.717, 1.165) is 5.69 Å². The summed E-state index contributed by atoms with van der Waals surface area (Å²) in [5.74, 6) is -0.0604. The van der Waals surface area contributed by atoms with Crippen molar-refractivity contribution in [3.63, 3.8) is 0 Å². The molecule has 3 rings (SSSR count). The monoisotopic (exact) mass is 261 g/mol. The van der Waals surface area contributed by atoms with Crippen LogP contribution in [0.1, 0.15) is 37.8 Å². The minimum atomic E-state index is -0.0604. The van der Waals surface area contributed by atoms with E-state index in [9.17, 15) is 4.79 Å². The number of H-pyrrole nitrogens is 1. The summed E-state index contributed by atoms with van der Waals surface area (Å²) in [6.07, 6.45) is 5.25. The number of rotatable bonds is 3. The lowest BCUT2D eigenvalue weighted by molar-refractivity contribution is 0.0951. The zero-order valence-electron chi connectivity index (χ0n) is 10.2. The second kappa shape index (κ2) is 4.57. The first-order chi connectivity index (χ1) is 8.74. The normalized spacial score (nSPS) is 13.6. The van der Waals surface area contributed by atoms with Crippen molar-refractivity contribution >= 4 is 17.2 Å². The molecule has 2 aromatic heterocycles. The number of aromatic nitrogens is 2. The summed E-state index contributed by atoms with van der Waals surface area (Å²) in [7, 11) is 0. The Morgan fingerprint density at radius 3 is 3.17 bits per heavy atom. The molecule has 2 heterocycles. The molecule has 0 aliphatic heterocycles. The van der Waals surface area contributed by atoms with Crippen molar-refractivity contribution in [2.45, 2.75) is 32.7 Å². The Labute approximate surface area is 109 Å². The predicted octanol–water partition coefficient (Wildman–Crippen LogP) is 2.20. The van der Waals surface area contributed by atoms with Crippen molar-refractivity contribution < 1.29 is 4.79 Å². The second-order valence-electron chi connectivity index (χ2n) is 4.61. The molecule has 0 saturated carbocycles. The van der Waals surface area contributed by atoms with Crippen LogP contribution in [-0.4, -0.2) is 16.1 Å². The number of nitrogens with zero attached hydrogens (tertiary/aromatic N) is 1. The van der Waals surface area contributed by atoms with Crippen LogP contribution in [0.4, 0.5) is 0 Å². The fourth-order valence-corrected chi connectivity index (χ4v) is 3.52. The van der Waals surface area contributed by atoms with Crippen molar-refractivity contribution in [2.24, 2.45) is 0 Å². The Hall–Kier alpha value is -1.62. The summed E-state index contributed by atoms with van der Waals surface area (Å²) < 4.78 is 0. The van der Waals surface area contributed by atoms with Gasteiger partial charge in [-0.3, -0.25) is 9.89 Å². The third-order valence-corrected chi connectivity index (χ3v) is 4.53. The lowest BCUT2D eigenvalue weighted by atomic mass is 10.2. The SMILES string of the molecule is Cc1[nH]ncc1C(=O)NCc1cc2c(s1)CCC2. The molecule has 0 saturated heterocycles. The fourth-order valence-electron chi connectivity index (χ4n) is 2.32. The Bertz CT molecular complexity index is 563. The third kappa shape index (κ3) is 2.06. The van der Waals surface area contributed by atoms with Crippen LogP contribution in [0.5, 0.6) is 0 Å². The van der Waals surface area contributed by atoms with Crippen LogP contribution in [0.25, 0.3) is 0 Å². The van der Waals surface area contributed by atoms with E-state index in [-0.39, 0.29) is 5.91 Å². The van der Waals surface area contributed by atoms with Gasteiger partial charge in [0.15, 0.2) is 0 Å². The average Bonchev–Trinajstić information content (AvgIpc) is 3.00. The maximum Gasteiger partial charge on any atom is 0.255 e. The number of carbonyl (C=O) groups excluding carboxylic acids is 1. The van der Waals surface area contributed by atoms with E-state index in [2.05, 4.69) is 21.6 Å². The molecule has 1 aliphatic carbocycles. The van der Waals surface area contributed by atoms with Crippen LogP contribution in [0.2, 0.25) is 0 Å². The van der Waals surface area contributed by atoms with Crippen LogP contribution in [0.3, 0.4) is 0 Å². The van der Waals surface area contributed by atoms with E-state index < -0.39 is 0 Å². The van der Waals surface area contributed by atoms with Gasteiger partial charge in [0.25, 0.3) is 5.91 Å². The largest absolute Gasteiger partial charge is 0.347 e. The Kier molecular flexibility index (Phi) is 2.91. The predicted molar refractivity (Wildman–Crippen MR) is 70.8 cm³/mol. The Balaban J connectivity index is 1.64. The van der Waals surface area contributed by atoms with E-state index >= 15 is 0 Å². The highest BCUT2D eigenvalue weighted by atomic mass is 32.1. The molecule has 0 radical (unpaired) electrons. The van der Waals surface area contributed by atoms with Gasteiger partial charge in [-0.2, -0.15) is 5.10 Å².